The molecule has 1 amide bonds. The zero-order valence-electron chi connectivity index (χ0n) is 14.2. The van der Waals surface area contributed by atoms with E-state index in [-0.39, 0.29) is 5.91 Å². The summed E-state index contributed by atoms with van der Waals surface area (Å²) < 4.78 is 6.45. The summed E-state index contributed by atoms with van der Waals surface area (Å²) in [6.07, 6.45) is 1.66. The third kappa shape index (κ3) is 4.37. The predicted octanol–water partition coefficient (Wildman–Crippen LogP) is 2.24. The molecule has 0 bridgehead atoms. The maximum absolute atomic E-state index is 12.5. The van der Waals surface area contributed by atoms with Crippen molar-refractivity contribution in [3.05, 3.63) is 39.6 Å². The van der Waals surface area contributed by atoms with Crippen LogP contribution in [-0.2, 0) is 4.74 Å². The Hall–Kier alpha value is -1.94. The van der Waals surface area contributed by atoms with Crippen LogP contribution >= 0.6 is 22.6 Å². The van der Waals surface area contributed by atoms with Crippen molar-refractivity contribution in [3.63, 3.8) is 0 Å². The molecule has 1 N–H and O–H groups in total. The first-order chi connectivity index (χ1) is 12.0. The van der Waals surface area contributed by atoms with Crippen molar-refractivity contribution in [3.8, 4) is 0 Å². The van der Waals surface area contributed by atoms with Crippen molar-refractivity contribution in [2.45, 2.75) is 0 Å². The lowest BCUT2D eigenvalue weighted by Gasteiger charge is -2.28. The summed E-state index contributed by atoms with van der Waals surface area (Å²) in [5.74, 6) is 1.15. The second-order valence-corrected chi connectivity index (χ2v) is 7.11. The molecule has 1 aromatic carbocycles. The topological polar surface area (TPSA) is 70.6 Å². The predicted molar refractivity (Wildman–Crippen MR) is 107 cm³/mol. The van der Waals surface area contributed by atoms with E-state index in [2.05, 4.69) is 42.8 Å². The molecule has 8 heteroatoms. The summed E-state index contributed by atoms with van der Waals surface area (Å²) >= 11 is 2.21. The molecule has 0 spiro atoms. The SMILES string of the molecule is CN(C)c1nc(N2CCOCC2)ncc1NC(=O)c1ccc(I)cc1. The summed E-state index contributed by atoms with van der Waals surface area (Å²) in [5, 5.41) is 2.91. The third-order valence-corrected chi connectivity index (χ3v) is 4.55. The van der Waals surface area contributed by atoms with E-state index in [1.165, 1.54) is 0 Å². The lowest BCUT2D eigenvalue weighted by Crippen LogP contribution is -2.37. The van der Waals surface area contributed by atoms with Crippen LogP contribution in [0, 0.1) is 3.57 Å². The number of morpholine rings is 1. The number of halogens is 1. The van der Waals surface area contributed by atoms with Gasteiger partial charge in [0.25, 0.3) is 5.91 Å². The van der Waals surface area contributed by atoms with Gasteiger partial charge >= 0.3 is 0 Å². The van der Waals surface area contributed by atoms with Crippen LogP contribution in [0.3, 0.4) is 0 Å². The smallest absolute Gasteiger partial charge is 0.255 e. The minimum absolute atomic E-state index is 0.178. The van der Waals surface area contributed by atoms with Gasteiger partial charge in [0, 0.05) is 36.3 Å². The highest BCUT2D eigenvalue weighted by Gasteiger charge is 2.18. The molecule has 1 saturated heterocycles. The Morgan fingerprint density at radius 3 is 2.56 bits per heavy atom. The standard InChI is InChI=1S/C17H20IN5O2/c1-22(2)15-14(20-16(24)12-3-5-13(18)6-4-12)11-19-17(21-15)23-7-9-25-10-8-23/h3-6,11H,7-10H2,1-2H3,(H,20,24). The molecule has 0 saturated carbocycles. The van der Waals surface area contributed by atoms with Crippen molar-refractivity contribution in [2.75, 3.05) is 55.5 Å². The summed E-state index contributed by atoms with van der Waals surface area (Å²) in [4.78, 5) is 25.5. The quantitative estimate of drug-likeness (QED) is 0.717. The van der Waals surface area contributed by atoms with Gasteiger partial charge in [-0.3, -0.25) is 4.79 Å². The van der Waals surface area contributed by atoms with Crippen LogP contribution in [0.1, 0.15) is 10.4 Å². The van der Waals surface area contributed by atoms with E-state index in [1.807, 2.05) is 31.1 Å². The fourth-order valence-corrected chi connectivity index (χ4v) is 2.86. The van der Waals surface area contributed by atoms with Gasteiger partial charge in [0.05, 0.1) is 19.4 Å². The van der Waals surface area contributed by atoms with Gasteiger partial charge in [-0.15, -0.1) is 0 Å². The van der Waals surface area contributed by atoms with Gasteiger partial charge in [-0.25, -0.2) is 4.98 Å². The van der Waals surface area contributed by atoms with Crippen LogP contribution in [0.25, 0.3) is 0 Å². The Labute approximate surface area is 160 Å². The molecule has 1 aliphatic heterocycles. The molecule has 1 aromatic heterocycles. The van der Waals surface area contributed by atoms with Crippen LogP contribution in [0.5, 0.6) is 0 Å². The minimum Gasteiger partial charge on any atom is -0.378 e. The van der Waals surface area contributed by atoms with Crippen molar-refractivity contribution in [1.82, 2.24) is 9.97 Å². The normalized spacial score (nSPS) is 14.3. The van der Waals surface area contributed by atoms with E-state index in [0.29, 0.717) is 36.2 Å². The maximum Gasteiger partial charge on any atom is 0.255 e. The number of nitrogens with zero attached hydrogens (tertiary/aromatic N) is 4. The Kier molecular flexibility index (Phi) is 5.69. The number of ether oxygens (including phenoxy) is 1. The third-order valence-electron chi connectivity index (χ3n) is 3.83. The maximum atomic E-state index is 12.5. The average molecular weight is 453 g/mol. The zero-order chi connectivity index (χ0) is 17.8. The first-order valence-electron chi connectivity index (χ1n) is 7.98. The van der Waals surface area contributed by atoms with Gasteiger partial charge in [-0.2, -0.15) is 4.98 Å². The van der Waals surface area contributed by atoms with Gasteiger partial charge in [0.2, 0.25) is 5.95 Å². The molecule has 7 nitrogen and oxygen atoms in total. The number of carbonyl (C=O) groups is 1. The van der Waals surface area contributed by atoms with Gasteiger partial charge in [0.15, 0.2) is 5.82 Å². The lowest BCUT2D eigenvalue weighted by atomic mass is 10.2. The molecular formula is C17H20IN5O2. The monoisotopic (exact) mass is 453 g/mol. The molecule has 1 fully saturated rings. The molecular weight excluding hydrogens is 433 g/mol. The van der Waals surface area contributed by atoms with Crippen LogP contribution in [0.15, 0.2) is 30.5 Å². The minimum atomic E-state index is -0.178. The number of benzene rings is 1. The van der Waals surface area contributed by atoms with Gasteiger partial charge < -0.3 is 19.9 Å². The number of hydrogen-bond acceptors (Lipinski definition) is 6. The first kappa shape index (κ1) is 17.9. The fourth-order valence-electron chi connectivity index (χ4n) is 2.50. The van der Waals surface area contributed by atoms with E-state index in [9.17, 15) is 4.79 Å². The van der Waals surface area contributed by atoms with E-state index < -0.39 is 0 Å². The first-order valence-corrected chi connectivity index (χ1v) is 9.06. The molecule has 3 rings (SSSR count). The largest absolute Gasteiger partial charge is 0.378 e. The summed E-state index contributed by atoms with van der Waals surface area (Å²) in [7, 11) is 3.79. The van der Waals surface area contributed by atoms with E-state index in [4.69, 9.17) is 4.74 Å². The molecule has 2 aromatic rings. The van der Waals surface area contributed by atoms with Crippen molar-refractivity contribution in [1.29, 1.82) is 0 Å². The second kappa shape index (κ2) is 7.96. The zero-order valence-corrected chi connectivity index (χ0v) is 16.4. The number of hydrogen-bond donors (Lipinski definition) is 1. The van der Waals surface area contributed by atoms with Crippen LogP contribution < -0.4 is 15.1 Å². The fraction of sp³-hybridized carbons (Fsp3) is 0.353. The molecule has 0 aliphatic carbocycles. The van der Waals surface area contributed by atoms with Gasteiger partial charge in [0.1, 0.15) is 5.69 Å². The Morgan fingerprint density at radius 1 is 1.24 bits per heavy atom. The van der Waals surface area contributed by atoms with Gasteiger partial charge in [-0.05, 0) is 46.9 Å². The summed E-state index contributed by atoms with van der Waals surface area (Å²) in [5.41, 5.74) is 1.19. The molecule has 1 aliphatic rings. The van der Waals surface area contributed by atoms with Crippen molar-refractivity contribution in [2.24, 2.45) is 0 Å². The highest BCUT2D eigenvalue weighted by molar-refractivity contribution is 14.1. The summed E-state index contributed by atoms with van der Waals surface area (Å²) in [6, 6.07) is 7.41. The molecule has 2 heterocycles. The Balaban J connectivity index is 1.82. The Morgan fingerprint density at radius 2 is 1.92 bits per heavy atom. The number of rotatable bonds is 4. The number of carbonyl (C=O) groups excluding carboxylic acids is 1. The highest BCUT2D eigenvalue weighted by atomic mass is 127. The van der Waals surface area contributed by atoms with E-state index in [1.54, 1.807) is 18.3 Å². The lowest BCUT2D eigenvalue weighted by molar-refractivity contribution is 0.102. The number of nitrogens with one attached hydrogen (secondary N) is 1. The highest BCUT2D eigenvalue weighted by Crippen LogP contribution is 2.24. The second-order valence-electron chi connectivity index (χ2n) is 5.86. The number of amides is 1. The van der Waals surface area contributed by atoms with E-state index in [0.717, 1.165) is 16.7 Å². The van der Waals surface area contributed by atoms with Crippen LogP contribution in [0.2, 0.25) is 0 Å². The number of anilines is 3. The molecule has 0 radical (unpaired) electrons. The molecule has 132 valence electrons. The summed E-state index contributed by atoms with van der Waals surface area (Å²) in [6.45, 7) is 2.88. The molecule has 25 heavy (non-hydrogen) atoms. The molecule has 0 unspecified atom stereocenters. The van der Waals surface area contributed by atoms with Crippen molar-refractivity contribution < 1.29 is 9.53 Å². The number of aromatic nitrogens is 2. The van der Waals surface area contributed by atoms with Crippen LogP contribution in [0.4, 0.5) is 17.5 Å². The average Bonchev–Trinajstić information content (AvgIpc) is 2.63. The molecule has 0 atom stereocenters. The van der Waals surface area contributed by atoms with E-state index >= 15 is 0 Å². The van der Waals surface area contributed by atoms with Crippen molar-refractivity contribution >= 4 is 46.0 Å². The van der Waals surface area contributed by atoms with Crippen LogP contribution in [-0.4, -0.2) is 56.3 Å². The Bertz CT molecular complexity index is 745. The van der Waals surface area contributed by atoms with Gasteiger partial charge in [-0.1, -0.05) is 0 Å².